The van der Waals surface area contributed by atoms with Crippen molar-refractivity contribution in [3.8, 4) is 113 Å². The zero-order chi connectivity index (χ0) is 44.1. The molecule has 0 fully saturated rings. The molecular formula is C59H39N7. The number of hydrogen-bond acceptors (Lipinski definition) is 7. The van der Waals surface area contributed by atoms with Crippen LogP contribution in [0.15, 0.2) is 237 Å². The average molecular weight is 846 g/mol. The molecule has 0 N–H and O–H groups in total. The highest BCUT2D eigenvalue weighted by Crippen LogP contribution is 2.44. The Labute approximate surface area is 383 Å². The zero-order valence-electron chi connectivity index (χ0n) is 35.6. The maximum absolute atomic E-state index is 5.29. The topological polar surface area (TPSA) is 90.2 Å². The lowest BCUT2D eigenvalue weighted by atomic mass is 9.86. The first-order valence-corrected chi connectivity index (χ1v) is 21.8. The lowest BCUT2D eigenvalue weighted by molar-refractivity contribution is 1.07. The molecule has 7 aromatic carbocycles. The van der Waals surface area contributed by atoms with Crippen LogP contribution in [0.2, 0.25) is 0 Å². The Balaban J connectivity index is 1.06. The van der Waals surface area contributed by atoms with Crippen molar-refractivity contribution in [3.63, 3.8) is 0 Å². The van der Waals surface area contributed by atoms with Gasteiger partial charge in [0.05, 0.1) is 11.4 Å². The molecule has 11 rings (SSSR count). The van der Waals surface area contributed by atoms with Crippen LogP contribution < -0.4 is 0 Å². The fourth-order valence-corrected chi connectivity index (χ4v) is 8.36. The van der Waals surface area contributed by atoms with Crippen molar-refractivity contribution in [1.29, 1.82) is 0 Å². The smallest absolute Gasteiger partial charge is 0.164 e. The molecule has 0 aliphatic heterocycles. The molecule has 7 heteroatoms. The lowest BCUT2D eigenvalue weighted by Gasteiger charge is -2.19. The third kappa shape index (κ3) is 8.16. The normalized spacial score (nSPS) is 11.0. The molecule has 0 bridgehead atoms. The van der Waals surface area contributed by atoms with Crippen LogP contribution in [0.1, 0.15) is 0 Å². The maximum Gasteiger partial charge on any atom is 0.164 e. The molecule has 0 atom stereocenters. The molecule has 0 saturated heterocycles. The average Bonchev–Trinajstić information content (AvgIpc) is 3.41. The summed E-state index contributed by atoms with van der Waals surface area (Å²) >= 11 is 0. The molecule has 0 amide bonds. The van der Waals surface area contributed by atoms with Crippen molar-refractivity contribution in [2.24, 2.45) is 0 Å². The predicted molar refractivity (Wildman–Crippen MR) is 265 cm³/mol. The maximum atomic E-state index is 5.29. The second-order valence-corrected chi connectivity index (χ2v) is 15.8. The fourth-order valence-electron chi connectivity index (χ4n) is 8.36. The van der Waals surface area contributed by atoms with Gasteiger partial charge < -0.3 is 0 Å². The van der Waals surface area contributed by atoms with Crippen LogP contribution in [0.25, 0.3) is 113 Å². The number of rotatable bonds is 10. The Morgan fingerprint density at radius 1 is 0.227 bits per heavy atom. The van der Waals surface area contributed by atoms with Gasteiger partial charge in [-0.05, 0) is 63.2 Å². The van der Waals surface area contributed by atoms with Crippen molar-refractivity contribution >= 4 is 0 Å². The van der Waals surface area contributed by atoms with E-state index in [0.717, 1.165) is 89.3 Å². The van der Waals surface area contributed by atoms with Gasteiger partial charge >= 0.3 is 0 Å². The van der Waals surface area contributed by atoms with Gasteiger partial charge in [0.15, 0.2) is 23.3 Å². The molecule has 0 unspecified atom stereocenters. The van der Waals surface area contributed by atoms with E-state index in [1.807, 2.05) is 110 Å². The highest BCUT2D eigenvalue weighted by atomic mass is 15.0. The number of benzene rings is 7. The standard InChI is InChI=1S/C59H39N7/c1-4-16-42(17-5-1)56-62-53(41-32-30-40(31-33-41)47-24-14-34-60-38-47)37-54(63-56)51-27-11-10-26-50(51)52-29-13-28-49(55(52)48-25-15-35-61-39-48)45-22-12-23-46(36-45)59-65-57(43-18-6-2-7-19-43)64-58(66-59)44-20-8-3-9-21-44/h1-39H. The van der Waals surface area contributed by atoms with Gasteiger partial charge in [-0.1, -0.05) is 188 Å². The van der Waals surface area contributed by atoms with Crippen molar-refractivity contribution in [2.45, 2.75) is 0 Å². The molecule has 4 aromatic heterocycles. The van der Waals surface area contributed by atoms with Crippen molar-refractivity contribution in [2.75, 3.05) is 0 Å². The van der Waals surface area contributed by atoms with Crippen LogP contribution in [0, 0.1) is 0 Å². The molecule has 0 spiro atoms. The molecule has 0 radical (unpaired) electrons. The summed E-state index contributed by atoms with van der Waals surface area (Å²) in [5.41, 5.74) is 15.6. The summed E-state index contributed by atoms with van der Waals surface area (Å²) in [5.74, 6) is 2.47. The summed E-state index contributed by atoms with van der Waals surface area (Å²) in [7, 11) is 0. The van der Waals surface area contributed by atoms with Gasteiger partial charge in [-0.2, -0.15) is 0 Å². The van der Waals surface area contributed by atoms with Crippen LogP contribution >= 0.6 is 0 Å². The highest BCUT2D eigenvalue weighted by Gasteiger charge is 2.20. The van der Waals surface area contributed by atoms with E-state index in [1.165, 1.54) is 0 Å². The molecule has 7 nitrogen and oxygen atoms in total. The van der Waals surface area contributed by atoms with Gasteiger partial charge in [0, 0.05) is 63.7 Å². The molecule has 0 saturated carbocycles. The minimum atomic E-state index is 0.592. The molecule has 11 aromatic rings. The largest absolute Gasteiger partial charge is 0.264 e. The monoisotopic (exact) mass is 845 g/mol. The summed E-state index contributed by atoms with van der Waals surface area (Å²) in [6.07, 6.45) is 7.42. The summed E-state index contributed by atoms with van der Waals surface area (Å²) in [5, 5.41) is 0. The SMILES string of the molecule is c1ccc(-c2nc(-c3ccc(-c4cccnc4)cc3)cc(-c3ccccc3-c3cccc(-c4cccc(-c5nc(-c6ccccc6)nc(-c6ccccc6)n5)c4)c3-c3cccnc3)n2)cc1. The molecular weight excluding hydrogens is 807 g/mol. The Hall–Kier alpha value is -9.07. The van der Waals surface area contributed by atoms with Crippen molar-refractivity contribution in [3.05, 3.63) is 237 Å². The third-order valence-corrected chi connectivity index (χ3v) is 11.6. The van der Waals surface area contributed by atoms with E-state index in [4.69, 9.17) is 24.9 Å². The second-order valence-electron chi connectivity index (χ2n) is 15.8. The summed E-state index contributed by atoms with van der Waals surface area (Å²) < 4.78 is 0. The molecule has 310 valence electrons. The van der Waals surface area contributed by atoms with Crippen LogP contribution in [0.5, 0.6) is 0 Å². The van der Waals surface area contributed by atoms with E-state index >= 15 is 0 Å². The Morgan fingerprint density at radius 3 is 1.27 bits per heavy atom. The Morgan fingerprint density at radius 2 is 0.667 bits per heavy atom. The van der Waals surface area contributed by atoms with E-state index < -0.39 is 0 Å². The van der Waals surface area contributed by atoms with Crippen molar-refractivity contribution in [1.82, 2.24) is 34.9 Å². The van der Waals surface area contributed by atoms with Gasteiger partial charge in [0.2, 0.25) is 0 Å². The van der Waals surface area contributed by atoms with Gasteiger partial charge in [-0.25, -0.2) is 24.9 Å². The third-order valence-electron chi connectivity index (χ3n) is 11.6. The fraction of sp³-hybridized carbons (Fsp3) is 0. The minimum absolute atomic E-state index is 0.592. The Kier molecular flexibility index (Phi) is 10.8. The number of nitrogens with zero attached hydrogens (tertiary/aromatic N) is 7. The van der Waals surface area contributed by atoms with E-state index in [-0.39, 0.29) is 0 Å². The molecule has 0 aliphatic carbocycles. The van der Waals surface area contributed by atoms with E-state index in [9.17, 15) is 0 Å². The van der Waals surface area contributed by atoms with Gasteiger partial charge in [0.25, 0.3) is 0 Å². The highest BCUT2D eigenvalue weighted by molar-refractivity contribution is 5.98. The summed E-state index contributed by atoms with van der Waals surface area (Å²) in [4.78, 5) is 34.4. The predicted octanol–water partition coefficient (Wildman–Crippen LogP) is 14.1. The first kappa shape index (κ1) is 39.8. The molecule has 0 aliphatic rings. The lowest BCUT2D eigenvalue weighted by Crippen LogP contribution is -2.00. The van der Waals surface area contributed by atoms with Crippen LogP contribution in [-0.4, -0.2) is 34.9 Å². The quantitative estimate of drug-likeness (QED) is 0.135. The summed E-state index contributed by atoms with van der Waals surface area (Å²) in [6.45, 7) is 0. The number of aromatic nitrogens is 7. The summed E-state index contributed by atoms with van der Waals surface area (Å²) in [6, 6.07) is 72.4. The Bertz CT molecular complexity index is 3380. The molecule has 4 heterocycles. The van der Waals surface area contributed by atoms with Crippen LogP contribution in [0.4, 0.5) is 0 Å². The number of pyridine rings is 2. The minimum Gasteiger partial charge on any atom is -0.264 e. The van der Waals surface area contributed by atoms with Gasteiger partial charge in [-0.3, -0.25) is 9.97 Å². The van der Waals surface area contributed by atoms with Crippen LogP contribution in [-0.2, 0) is 0 Å². The van der Waals surface area contributed by atoms with Gasteiger partial charge in [-0.15, -0.1) is 0 Å². The van der Waals surface area contributed by atoms with E-state index in [0.29, 0.717) is 23.3 Å². The van der Waals surface area contributed by atoms with Crippen molar-refractivity contribution < 1.29 is 0 Å². The van der Waals surface area contributed by atoms with E-state index in [1.54, 1.807) is 6.20 Å². The second kappa shape index (κ2) is 18.0. The number of hydrogen-bond donors (Lipinski definition) is 0. The first-order valence-electron chi connectivity index (χ1n) is 21.8. The molecule has 66 heavy (non-hydrogen) atoms. The zero-order valence-corrected chi connectivity index (χ0v) is 35.6. The first-order chi connectivity index (χ1) is 32.7. The van der Waals surface area contributed by atoms with E-state index in [2.05, 4.69) is 131 Å². The van der Waals surface area contributed by atoms with Crippen LogP contribution in [0.3, 0.4) is 0 Å². The van der Waals surface area contributed by atoms with Gasteiger partial charge in [0.1, 0.15) is 0 Å².